The van der Waals surface area contributed by atoms with E-state index >= 15 is 0 Å². The van der Waals surface area contributed by atoms with Crippen molar-refractivity contribution >= 4 is 6.03 Å². The van der Waals surface area contributed by atoms with Gasteiger partial charge in [0.25, 0.3) is 0 Å². The number of carbonyl (C=O) groups excluding carboxylic acids is 1. The number of alkyl halides is 7. The van der Waals surface area contributed by atoms with Gasteiger partial charge in [-0.05, 0) is 66.8 Å². The van der Waals surface area contributed by atoms with Crippen molar-refractivity contribution < 1.29 is 39.9 Å². The minimum Gasteiger partial charge on any atom is -0.323 e. The summed E-state index contributed by atoms with van der Waals surface area (Å²) >= 11 is 0. The third-order valence-corrected chi connectivity index (χ3v) is 6.36. The van der Waals surface area contributed by atoms with Crippen LogP contribution in [0.3, 0.4) is 0 Å². The van der Waals surface area contributed by atoms with Crippen LogP contribution in [0.25, 0.3) is 0 Å². The molecule has 0 bridgehead atoms. The summed E-state index contributed by atoms with van der Waals surface area (Å²) in [4.78, 5) is 15.9. The van der Waals surface area contributed by atoms with E-state index in [2.05, 4.69) is 5.32 Å². The number of halogens is 8. The maximum atomic E-state index is 13.7. The van der Waals surface area contributed by atoms with Gasteiger partial charge in [0.15, 0.2) is 0 Å². The molecule has 0 saturated carbocycles. The summed E-state index contributed by atoms with van der Waals surface area (Å²) in [6.07, 6.45) is -9.18. The molecule has 2 amide bonds. The molecule has 1 aliphatic rings. The summed E-state index contributed by atoms with van der Waals surface area (Å²) in [5.74, 6) is -0.468. The fourth-order valence-corrected chi connectivity index (χ4v) is 4.62. The van der Waals surface area contributed by atoms with Crippen molar-refractivity contribution in [2.75, 3.05) is 26.8 Å². The van der Waals surface area contributed by atoms with Gasteiger partial charge in [-0.25, -0.2) is 13.6 Å². The molecule has 2 aromatic rings. The van der Waals surface area contributed by atoms with Gasteiger partial charge in [-0.1, -0.05) is 6.07 Å². The van der Waals surface area contributed by atoms with Gasteiger partial charge in [-0.15, -0.1) is 0 Å². The topological polar surface area (TPSA) is 35.6 Å². The van der Waals surface area contributed by atoms with Crippen molar-refractivity contribution in [2.45, 2.75) is 50.7 Å². The van der Waals surface area contributed by atoms with Gasteiger partial charge in [0.1, 0.15) is 12.5 Å². The summed E-state index contributed by atoms with van der Waals surface area (Å²) in [5.41, 5.74) is -2.03. The van der Waals surface area contributed by atoms with Gasteiger partial charge in [0.05, 0.1) is 17.2 Å². The minimum atomic E-state index is -5.00. The molecule has 2 aromatic carbocycles. The molecule has 1 aliphatic heterocycles. The van der Waals surface area contributed by atoms with E-state index < -0.39 is 54.6 Å². The minimum absolute atomic E-state index is 0.0356. The van der Waals surface area contributed by atoms with Crippen LogP contribution in [-0.4, -0.2) is 48.7 Å². The Kier molecular flexibility index (Phi) is 8.71. The Morgan fingerprint density at radius 1 is 1.05 bits per heavy atom. The number of amides is 2. The van der Waals surface area contributed by atoms with Crippen LogP contribution < -0.4 is 5.32 Å². The van der Waals surface area contributed by atoms with Crippen molar-refractivity contribution in [3.8, 4) is 0 Å². The monoisotopic (exact) mass is 537 g/mol. The average Bonchev–Trinajstić information content (AvgIpc) is 2.81. The predicted octanol–water partition coefficient (Wildman–Crippen LogP) is 6.49. The lowest BCUT2D eigenvalue weighted by atomic mass is 9.89. The Labute approximate surface area is 209 Å². The second-order valence-electron chi connectivity index (χ2n) is 9.13. The van der Waals surface area contributed by atoms with Crippen LogP contribution in [-0.2, 0) is 18.9 Å². The number of hydrogen-bond acceptors (Lipinski definition) is 2. The van der Waals surface area contributed by atoms with Crippen LogP contribution in [0.2, 0.25) is 0 Å². The molecule has 37 heavy (non-hydrogen) atoms. The maximum Gasteiger partial charge on any atom is 0.416 e. The van der Waals surface area contributed by atoms with Crippen LogP contribution >= 0.6 is 0 Å². The number of carbonyl (C=O) groups is 1. The van der Waals surface area contributed by atoms with E-state index in [1.807, 2.05) is 0 Å². The van der Waals surface area contributed by atoms with E-state index in [4.69, 9.17) is 0 Å². The molecule has 1 N–H and O–H groups in total. The molecule has 0 aliphatic carbocycles. The van der Waals surface area contributed by atoms with Gasteiger partial charge in [-0.2, -0.15) is 26.3 Å². The third-order valence-electron chi connectivity index (χ3n) is 6.36. The van der Waals surface area contributed by atoms with Gasteiger partial charge in [0.2, 0.25) is 0 Å². The molecule has 0 unspecified atom stereocenters. The molecular weight excluding hydrogens is 510 g/mol. The van der Waals surface area contributed by atoms with Gasteiger partial charge >= 0.3 is 18.4 Å². The van der Waals surface area contributed by atoms with Crippen molar-refractivity contribution in [3.05, 3.63) is 70.0 Å². The second kappa shape index (κ2) is 11.2. The number of likely N-dealkylation sites (tertiary alicyclic amines) is 1. The highest BCUT2D eigenvalue weighted by atomic mass is 19.4. The number of nitrogens with one attached hydrogen (secondary N) is 1. The summed E-state index contributed by atoms with van der Waals surface area (Å²) in [5, 5.41) is 3.06. The highest BCUT2D eigenvalue weighted by molar-refractivity contribution is 5.75. The average molecular weight is 537 g/mol. The maximum absolute atomic E-state index is 13.7. The highest BCUT2D eigenvalue weighted by Crippen LogP contribution is 2.37. The lowest BCUT2D eigenvalue weighted by Gasteiger charge is -2.42. The van der Waals surface area contributed by atoms with E-state index in [9.17, 15) is 39.9 Å². The van der Waals surface area contributed by atoms with Gasteiger partial charge in [-0.3, -0.25) is 0 Å². The number of piperidine rings is 1. The lowest BCUT2D eigenvalue weighted by molar-refractivity contribution is -0.143. The molecular formula is C25H27F8N3O. The molecule has 12 heteroatoms. The first-order valence-electron chi connectivity index (χ1n) is 11.6. The van der Waals surface area contributed by atoms with Crippen molar-refractivity contribution in [3.63, 3.8) is 0 Å². The molecule has 1 heterocycles. The molecule has 1 fully saturated rings. The number of urea groups is 1. The second-order valence-corrected chi connectivity index (χ2v) is 9.13. The van der Waals surface area contributed by atoms with Crippen molar-refractivity contribution in [1.29, 1.82) is 0 Å². The number of rotatable bonds is 6. The molecule has 204 valence electrons. The Balaban J connectivity index is 1.89. The van der Waals surface area contributed by atoms with Gasteiger partial charge in [0, 0.05) is 32.7 Å². The van der Waals surface area contributed by atoms with Crippen LogP contribution in [0, 0.1) is 12.7 Å². The first kappa shape index (κ1) is 28.7. The number of aryl methyl sites for hydroxylation is 1. The number of hydrogen-bond donors (Lipinski definition) is 1. The van der Waals surface area contributed by atoms with E-state index in [1.165, 1.54) is 30.1 Å². The smallest absolute Gasteiger partial charge is 0.323 e. The molecule has 4 nitrogen and oxygen atoms in total. The van der Waals surface area contributed by atoms with E-state index in [0.717, 1.165) is 4.90 Å². The Bertz CT molecular complexity index is 1070. The predicted molar refractivity (Wildman–Crippen MR) is 121 cm³/mol. The molecule has 2 atom stereocenters. The van der Waals surface area contributed by atoms with E-state index in [-0.39, 0.29) is 30.8 Å². The zero-order valence-electron chi connectivity index (χ0n) is 20.2. The fourth-order valence-electron chi connectivity index (χ4n) is 4.62. The summed E-state index contributed by atoms with van der Waals surface area (Å²) in [6.45, 7) is 0.903. The molecule has 0 aromatic heterocycles. The lowest BCUT2D eigenvalue weighted by Crippen LogP contribution is -2.50. The Morgan fingerprint density at radius 2 is 1.68 bits per heavy atom. The van der Waals surface area contributed by atoms with Crippen LogP contribution in [0.4, 0.5) is 39.9 Å². The van der Waals surface area contributed by atoms with Crippen molar-refractivity contribution in [1.82, 2.24) is 15.1 Å². The van der Waals surface area contributed by atoms with E-state index in [1.54, 1.807) is 6.92 Å². The first-order valence-corrected chi connectivity index (χ1v) is 11.6. The van der Waals surface area contributed by atoms with Gasteiger partial charge < -0.3 is 15.1 Å². The molecule has 0 spiro atoms. The van der Waals surface area contributed by atoms with Crippen molar-refractivity contribution in [2.24, 2.45) is 0 Å². The third kappa shape index (κ3) is 7.12. The zero-order valence-corrected chi connectivity index (χ0v) is 20.2. The van der Waals surface area contributed by atoms with Crippen LogP contribution in [0.5, 0.6) is 0 Å². The summed E-state index contributed by atoms with van der Waals surface area (Å²) in [6, 6.07) is 4.00. The standard InChI is InChI=1S/C25H27F8N3O/c1-15-9-19(27)3-4-21(15)22-13-20(34-7-6-26)5-8-36(22)23(37)35(2)14-16-10-17(24(28,29)30)12-18(11-16)25(31,32)33/h3-4,9-12,20,22,34H,5-8,13-14H2,1-2H3/t20-,22-/m1/s1. The fraction of sp³-hybridized carbons (Fsp3) is 0.480. The summed E-state index contributed by atoms with van der Waals surface area (Å²) in [7, 11) is 1.29. The molecule has 0 radical (unpaired) electrons. The normalized spacial score (nSPS) is 18.7. The Hall–Kier alpha value is -2.89. The number of benzene rings is 2. The highest BCUT2D eigenvalue weighted by Gasteiger charge is 2.38. The first-order chi connectivity index (χ1) is 17.2. The largest absolute Gasteiger partial charge is 0.416 e. The van der Waals surface area contributed by atoms with Crippen LogP contribution in [0.1, 0.15) is 46.7 Å². The van der Waals surface area contributed by atoms with Crippen LogP contribution in [0.15, 0.2) is 36.4 Å². The van der Waals surface area contributed by atoms with E-state index in [0.29, 0.717) is 36.1 Å². The summed E-state index contributed by atoms with van der Waals surface area (Å²) < 4.78 is 106. The SMILES string of the molecule is Cc1cc(F)ccc1[C@H]1C[C@H](NCCF)CCN1C(=O)N(C)Cc1cc(C(F)(F)F)cc(C(F)(F)F)c1. The molecule has 3 rings (SSSR count). The molecule has 1 saturated heterocycles. The number of nitrogens with zero attached hydrogens (tertiary/aromatic N) is 2. The Morgan fingerprint density at radius 3 is 2.22 bits per heavy atom. The quantitative estimate of drug-likeness (QED) is 0.428. The zero-order chi connectivity index (χ0) is 27.5.